The van der Waals surface area contributed by atoms with Crippen molar-refractivity contribution < 1.29 is 9.18 Å². The van der Waals surface area contributed by atoms with Gasteiger partial charge in [-0.2, -0.15) is 0 Å². The molecule has 1 amide bonds. The highest BCUT2D eigenvalue weighted by atomic mass is 79.9. The fraction of sp³-hybridized carbons (Fsp3) is 0.364. The molecule has 0 heterocycles. The fourth-order valence-electron chi connectivity index (χ4n) is 1.27. The first-order chi connectivity index (χ1) is 7.56. The van der Waals surface area contributed by atoms with Gasteiger partial charge in [-0.05, 0) is 24.6 Å². The normalized spacial score (nSPS) is 10.2. The summed E-state index contributed by atoms with van der Waals surface area (Å²) in [4.78, 5) is 13.3. The molecule has 0 saturated carbocycles. The van der Waals surface area contributed by atoms with Crippen molar-refractivity contribution >= 4 is 33.4 Å². The van der Waals surface area contributed by atoms with Crippen LogP contribution in [0.15, 0.2) is 18.2 Å². The quantitative estimate of drug-likeness (QED) is 0.781. The second kappa shape index (κ2) is 6.21. The summed E-state index contributed by atoms with van der Waals surface area (Å²) >= 11 is 8.89. The number of rotatable bonds is 4. The van der Waals surface area contributed by atoms with Gasteiger partial charge >= 0.3 is 0 Å². The molecule has 0 aliphatic carbocycles. The third-order valence-corrected chi connectivity index (χ3v) is 2.93. The largest absolute Gasteiger partial charge is 0.342 e. The summed E-state index contributed by atoms with van der Waals surface area (Å²) in [5.41, 5.74) is 0.0569. The molecule has 0 saturated heterocycles. The van der Waals surface area contributed by atoms with E-state index in [0.29, 0.717) is 6.54 Å². The number of carbonyl (C=O) groups excluding carboxylic acids is 1. The van der Waals surface area contributed by atoms with Crippen LogP contribution >= 0.6 is 27.5 Å². The van der Waals surface area contributed by atoms with Crippen molar-refractivity contribution in [3.8, 4) is 0 Å². The van der Waals surface area contributed by atoms with Crippen LogP contribution < -0.4 is 0 Å². The van der Waals surface area contributed by atoms with Gasteiger partial charge in [-0.15, -0.1) is 0 Å². The monoisotopic (exact) mass is 307 g/mol. The zero-order valence-corrected chi connectivity index (χ0v) is 11.2. The van der Waals surface area contributed by atoms with Crippen LogP contribution in [0.25, 0.3) is 0 Å². The number of benzene rings is 1. The molecular formula is C11H12BrClFNO. The standard InChI is InChI=1S/C11H12BrClFNO/c1-15(6-2-5-12)11(16)9-4-3-8(13)7-10(9)14/h3-4,7H,2,5-6H2,1H3. The van der Waals surface area contributed by atoms with Gasteiger partial charge in [-0.3, -0.25) is 4.79 Å². The van der Waals surface area contributed by atoms with Crippen LogP contribution in [0.3, 0.4) is 0 Å². The lowest BCUT2D eigenvalue weighted by Crippen LogP contribution is -2.28. The van der Waals surface area contributed by atoms with Crippen molar-refractivity contribution in [1.82, 2.24) is 4.90 Å². The molecule has 1 aromatic rings. The summed E-state index contributed by atoms with van der Waals surface area (Å²) in [6.45, 7) is 0.589. The van der Waals surface area contributed by atoms with Gasteiger partial charge < -0.3 is 4.90 Å². The molecule has 88 valence electrons. The van der Waals surface area contributed by atoms with Crippen LogP contribution in [-0.2, 0) is 0 Å². The Morgan fingerprint density at radius 1 is 1.56 bits per heavy atom. The molecule has 2 nitrogen and oxygen atoms in total. The molecule has 0 aromatic heterocycles. The maximum atomic E-state index is 13.4. The van der Waals surface area contributed by atoms with Crippen molar-refractivity contribution in [3.63, 3.8) is 0 Å². The van der Waals surface area contributed by atoms with Crippen LogP contribution in [0.5, 0.6) is 0 Å². The van der Waals surface area contributed by atoms with Gasteiger partial charge in [0.05, 0.1) is 5.56 Å². The maximum Gasteiger partial charge on any atom is 0.256 e. The van der Waals surface area contributed by atoms with Gasteiger partial charge in [0.25, 0.3) is 5.91 Å². The summed E-state index contributed by atoms with van der Waals surface area (Å²) in [6, 6.07) is 4.06. The average molecular weight is 309 g/mol. The van der Waals surface area contributed by atoms with Crippen molar-refractivity contribution in [3.05, 3.63) is 34.6 Å². The second-order valence-corrected chi connectivity index (χ2v) is 4.62. The van der Waals surface area contributed by atoms with Gasteiger partial charge in [-0.1, -0.05) is 27.5 Å². The van der Waals surface area contributed by atoms with Crippen molar-refractivity contribution in [2.24, 2.45) is 0 Å². The lowest BCUT2D eigenvalue weighted by Gasteiger charge is -2.16. The molecule has 0 spiro atoms. The summed E-state index contributed by atoms with van der Waals surface area (Å²) < 4.78 is 13.4. The first kappa shape index (κ1) is 13.5. The molecule has 0 aliphatic heterocycles. The molecular weight excluding hydrogens is 296 g/mol. The smallest absolute Gasteiger partial charge is 0.256 e. The first-order valence-corrected chi connectivity index (χ1v) is 6.32. The lowest BCUT2D eigenvalue weighted by molar-refractivity contribution is 0.0791. The fourth-order valence-corrected chi connectivity index (χ4v) is 1.68. The van der Waals surface area contributed by atoms with Gasteiger partial charge in [0.1, 0.15) is 5.82 Å². The summed E-state index contributed by atoms with van der Waals surface area (Å²) in [6.07, 6.45) is 0.831. The lowest BCUT2D eigenvalue weighted by atomic mass is 10.2. The highest BCUT2D eigenvalue weighted by molar-refractivity contribution is 9.09. The van der Waals surface area contributed by atoms with E-state index in [1.165, 1.54) is 17.0 Å². The predicted octanol–water partition coefficient (Wildman–Crippen LogP) is 3.34. The number of amides is 1. The van der Waals surface area contributed by atoms with Crippen LogP contribution in [0.1, 0.15) is 16.8 Å². The van der Waals surface area contributed by atoms with E-state index in [2.05, 4.69) is 15.9 Å². The SMILES string of the molecule is CN(CCCBr)C(=O)c1ccc(Cl)cc1F. The minimum atomic E-state index is -0.580. The maximum absolute atomic E-state index is 13.4. The Morgan fingerprint density at radius 3 is 2.81 bits per heavy atom. The minimum absolute atomic E-state index is 0.0569. The van der Waals surface area contributed by atoms with E-state index in [1.54, 1.807) is 7.05 Å². The first-order valence-electron chi connectivity index (χ1n) is 4.82. The Morgan fingerprint density at radius 2 is 2.25 bits per heavy atom. The topological polar surface area (TPSA) is 20.3 Å². The Labute approximate surface area is 108 Å². The van der Waals surface area contributed by atoms with Gasteiger partial charge in [-0.25, -0.2) is 4.39 Å². The van der Waals surface area contributed by atoms with Crippen LogP contribution in [-0.4, -0.2) is 29.7 Å². The molecule has 1 rings (SSSR count). The molecule has 5 heteroatoms. The molecule has 16 heavy (non-hydrogen) atoms. The van der Waals surface area contributed by atoms with Crippen LogP contribution in [0, 0.1) is 5.82 Å². The van der Waals surface area contributed by atoms with Gasteiger partial charge in [0.2, 0.25) is 0 Å². The number of nitrogens with zero attached hydrogens (tertiary/aromatic N) is 1. The molecule has 0 radical (unpaired) electrons. The summed E-state index contributed by atoms with van der Waals surface area (Å²) in [7, 11) is 1.65. The van der Waals surface area contributed by atoms with E-state index in [4.69, 9.17) is 11.6 Å². The van der Waals surface area contributed by atoms with E-state index < -0.39 is 5.82 Å². The van der Waals surface area contributed by atoms with E-state index in [0.717, 1.165) is 17.8 Å². The van der Waals surface area contributed by atoms with Gasteiger partial charge in [0.15, 0.2) is 0 Å². The summed E-state index contributed by atoms with van der Waals surface area (Å²) in [5.74, 6) is -0.904. The van der Waals surface area contributed by atoms with Crippen molar-refractivity contribution in [1.29, 1.82) is 0 Å². The highest BCUT2D eigenvalue weighted by Crippen LogP contribution is 2.16. The molecule has 1 aromatic carbocycles. The molecule has 0 N–H and O–H groups in total. The Kier molecular flexibility index (Phi) is 5.22. The molecule has 0 aliphatic rings. The van der Waals surface area contributed by atoms with Crippen LogP contribution in [0.4, 0.5) is 4.39 Å². The predicted molar refractivity (Wildman–Crippen MR) is 66.8 cm³/mol. The van der Waals surface area contributed by atoms with E-state index in [1.807, 2.05) is 0 Å². The number of carbonyl (C=O) groups is 1. The van der Waals surface area contributed by atoms with Gasteiger partial charge in [0, 0.05) is 23.9 Å². The third-order valence-electron chi connectivity index (χ3n) is 2.14. The number of hydrogen-bond donors (Lipinski definition) is 0. The molecule has 0 unspecified atom stereocenters. The van der Waals surface area contributed by atoms with Crippen LogP contribution in [0.2, 0.25) is 5.02 Å². The van der Waals surface area contributed by atoms with E-state index in [-0.39, 0.29) is 16.5 Å². The Balaban J connectivity index is 2.79. The summed E-state index contributed by atoms with van der Waals surface area (Å²) in [5, 5.41) is 1.10. The number of alkyl halides is 1. The highest BCUT2D eigenvalue weighted by Gasteiger charge is 2.15. The number of halogens is 3. The van der Waals surface area contributed by atoms with E-state index >= 15 is 0 Å². The van der Waals surface area contributed by atoms with E-state index in [9.17, 15) is 9.18 Å². The third kappa shape index (κ3) is 3.46. The Hall–Kier alpha value is -0.610. The van der Waals surface area contributed by atoms with Crippen molar-refractivity contribution in [2.45, 2.75) is 6.42 Å². The zero-order valence-electron chi connectivity index (χ0n) is 8.84. The molecule has 0 fully saturated rings. The molecule has 0 atom stereocenters. The zero-order chi connectivity index (χ0) is 12.1. The average Bonchev–Trinajstić information content (AvgIpc) is 2.25. The minimum Gasteiger partial charge on any atom is -0.342 e. The second-order valence-electron chi connectivity index (χ2n) is 3.39. The van der Waals surface area contributed by atoms with Crippen molar-refractivity contribution in [2.75, 3.05) is 18.9 Å². The Bertz CT molecular complexity index is 386. The number of hydrogen-bond acceptors (Lipinski definition) is 1. The molecule has 0 bridgehead atoms.